The summed E-state index contributed by atoms with van der Waals surface area (Å²) >= 11 is 16.8. The zero-order valence-electron chi connectivity index (χ0n) is 16.0. The second-order valence-corrected chi connectivity index (χ2v) is 8.98. The Morgan fingerprint density at radius 3 is 2.57 bits per heavy atom. The molecule has 11 heteroatoms. The molecule has 1 aromatic carbocycles. The van der Waals surface area contributed by atoms with Crippen LogP contribution in [0.5, 0.6) is 0 Å². The minimum absolute atomic E-state index is 0.0890. The Morgan fingerprint density at radius 2 is 1.97 bits per heavy atom. The highest BCUT2D eigenvalue weighted by molar-refractivity contribution is 6.67. The van der Waals surface area contributed by atoms with Crippen LogP contribution >= 0.6 is 34.8 Å². The number of aliphatic hydroxyl groups is 2. The number of alkyl halides is 3. The van der Waals surface area contributed by atoms with Crippen molar-refractivity contribution in [1.29, 1.82) is 0 Å². The predicted molar refractivity (Wildman–Crippen MR) is 111 cm³/mol. The van der Waals surface area contributed by atoms with E-state index < -0.39 is 53.7 Å². The molecule has 0 saturated carbocycles. The third kappa shape index (κ3) is 7.86. The van der Waals surface area contributed by atoms with E-state index in [0.717, 1.165) is 5.56 Å². The molecule has 1 fully saturated rings. The SMILES string of the molecule is C=CCO[C@H]1O[C@H](CO)[C@@H](O)[C@H](OCc2ccccc2)[C@H]1NC(=O)OCC(Cl)(Cl)Cl. The van der Waals surface area contributed by atoms with Gasteiger partial charge in [0.1, 0.15) is 31.0 Å². The van der Waals surface area contributed by atoms with Crippen molar-refractivity contribution in [1.82, 2.24) is 5.32 Å². The molecular formula is C19H24Cl3NO7. The minimum Gasteiger partial charge on any atom is -0.445 e. The highest BCUT2D eigenvalue weighted by Gasteiger charge is 2.47. The van der Waals surface area contributed by atoms with Crippen molar-refractivity contribution in [3.63, 3.8) is 0 Å². The van der Waals surface area contributed by atoms with Gasteiger partial charge in [-0.2, -0.15) is 0 Å². The molecule has 1 heterocycles. The van der Waals surface area contributed by atoms with Gasteiger partial charge in [-0.05, 0) is 5.56 Å². The topological polar surface area (TPSA) is 106 Å². The normalized spacial score (nSPS) is 26.8. The van der Waals surface area contributed by atoms with Gasteiger partial charge < -0.3 is 34.5 Å². The van der Waals surface area contributed by atoms with E-state index in [2.05, 4.69) is 11.9 Å². The molecule has 0 spiro atoms. The molecule has 0 bridgehead atoms. The van der Waals surface area contributed by atoms with Gasteiger partial charge in [0.05, 0.1) is 19.8 Å². The highest BCUT2D eigenvalue weighted by Crippen LogP contribution is 2.27. The maximum atomic E-state index is 12.2. The third-order valence-electron chi connectivity index (χ3n) is 4.17. The molecule has 8 nitrogen and oxygen atoms in total. The van der Waals surface area contributed by atoms with Crippen LogP contribution in [0.4, 0.5) is 4.79 Å². The van der Waals surface area contributed by atoms with Gasteiger partial charge in [0, 0.05) is 0 Å². The van der Waals surface area contributed by atoms with E-state index in [1.54, 1.807) is 0 Å². The van der Waals surface area contributed by atoms with Crippen LogP contribution in [-0.4, -0.2) is 70.6 Å². The number of rotatable bonds is 9. The summed E-state index contributed by atoms with van der Waals surface area (Å²) in [4.78, 5) is 12.2. The molecular weight excluding hydrogens is 461 g/mol. The van der Waals surface area contributed by atoms with E-state index in [4.69, 9.17) is 53.8 Å². The predicted octanol–water partition coefficient (Wildman–Crippen LogP) is 2.32. The molecule has 0 aliphatic carbocycles. The van der Waals surface area contributed by atoms with Crippen molar-refractivity contribution in [3.8, 4) is 0 Å². The monoisotopic (exact) mass is 483 g/mol. The number of alkyl carbamates (subject to hydrolysis) is 1. The number of nitrogens with one attached hydrogen (secondary N) is 1. The molecule has 3 N–H and O–H groups in total. The van der Waals surface area contributed by atoms with Crippen molar-refractivity contribution in [2.75, 3.05) is 19.8 Å². The molecule has 30 heavy (non-hydrogen) atoms. The second-order valence-electron chi connectivity index (χ2n) is 6.46. The number of halogens is 3. The smallest absolute Gasteiger partial charge is 0.407 e. The van der Waals surface area contributed by atoms with Gasteiger partial charge in [-0.15, -0.1) is 6.58 Å². The first kappa shape index (κ1) is 25.2. The van der Waals surface area contributed by atoms with Crippen LogP contribution in [0.25, 0.3) is 0 Å². The van der Waals surface area contributed by atoms with Crippen LogP contribution < -0.4 is 5.32 Å². The molecule has 1 aliphatic heterocycles. The first-order valence-corrected chi connectivity index (χ1v) is 10.2. The number of carbonyl (C=O) groups excluding carboxylic acids is 1. The number of hydrogen-bond donors (Lipinski definition) is 3. The third-order valence-corrected chi connectivity index (χ3v) is 4.50. The van der Waals surface area contributed by atoms with Gasteiger partial charge in [0.15, 0.2) is 6.29 Å². The number of amides is 1. The first-order chi connectivity index (χ1) is 14.2. The van der Waals surface area contributed by atoms with Gasteiger partial charge in [0.2, 0.25) is 3.79 Å². The zero-order chi connectivity index (χ0) is 22.1. The largest absolute Gasteiger partial charge is 0.445 e. The summed E-state index contributed by atoms with van der Waals surface area (Å²) in [7, 11) is 0. The van der Waals surface area contributed by atoms with E-state index >= 15 is 0 Å². The van der Waals surface area contributed by atoms with Crippen LogP contribution in [0.3, 0.4) is 0 Å². The Morgan fingerprint density at radius 1 is 1.27 bits per heavy atom. The molecule has 5 atom stereocenters. The van der Waals surface area contributed by atoms with Gasteiger partial charge >= 0.3 is 6.09 Å². The number of benzene rings is 1. The molecule has 2 rings (SSSR count). The average Bonchev–Trinajstić information content (AvgIpc) is 2.71. The van der Waals surface area contributed by atoms with Crippen LogP contribution in [0.2, 0.25) is 0 Å². The molecule has 0 unspecified atom stereocenters. The van der Waals surface area contributed by atoms with Crippen LogP contribution in [0.15, 0.2) is 43.0 Å². The zero-order valence-corrected chi connectivity index (χ0v) is 18.2. The summed E-state index contributed by atoms with van der Waals surface area (Å²) in [5.74, 6) is 0. The quantitative estimate of drug-likeness (QED) is 0.365. The fraction of sp³-hybridized carbons (Fsp3) is 0.526. The summed E-state index contributed by atoms with van der Waals surface area (Å²) in [6.45, 7) is 2.82. The molecule has 1 aromatic rings. The molecule has 0 aromatic heterocycles. The average molecular weight is 485 g/mol. The molecule has 1 amide bonds. The van der Waals surface area contributed by atoms with Crippen LogP contribution in [0, 0.1) is 0 Å². The van der Waals surface area contributed by atoms with Gasteiger partial charge in [0.25, 0.3) is 0 Å². The number of carbonyl (C=O) groups is 1. The maximum Gasteiger partial charge on any atom is 0.407 e. The van der Waals surface area contributed by atoms with E-state index in [-0.39, 0.29) is 13.2 Å². The summed E-state index contributed by atoms with van der Waals surface area (Å²) in [5, 5.41) is 22.8. The lowest BCUT2D eigenvalue weighted by molar-refractivity contribution is -0.275. The second kappa shape index (κ2) is 12.1. The number of ether oxygens (including phenoxy) is 4. The lowest BCUT2D eigenvalue weighted by Gasteiger charge is -2.43. The van der Waals surface area contributed by atoms with Gasteiger partial charge in [-0.25, -0.2) is 4.79 Å². The molecule has 1 aliphatic rings. The van der Waals surface area contributed by atoms with Crippen LogP contribution in [0.1, 0.15) is 5.56 Å². The van der Waals surface area contributed by atoms with Crippen molar-refractivity contribution in [2.24, 2.45) is 0 Å². The highest BCUT2D eigenvalue weighted by atomic mass is 35.6. The van der Waals surface area contributed by atoms with Crippen molar-refractivity contribution in [2.45, 2.75) is 41.0 Å². The Bertz CT molecular complexity index is 674. The van der Waals surface area contributed by atoms with Crippen molar-refractivity contribution < 1.29 is 34.0 Å². The molecule has 168 valence electrons. The summed E-state index contributed by atoms with van der Waals surface area (Å²) < 4.78 is 20.2. The Kier molecular flexibility index (Phi) is 10.1. The van der Waals surface area contributed by atoms with E-state index in [9.17, 15) is 15.0 Å². The number of hydrogen-bond acceptors (Lipinski definition) is 7. The summed E-state index contributed by atoms with van der Waals surface area (Å²) in [6.07, 6.45) is -3.75. The lowest BCUT2D eigenvalue weighted by atomic mass is 9.96. The lowest BCUT2D eigenvalue weighted by Crippen LogP contribution is -2.65. The summed E-state index contributed by atoms with van der Waals surface area (Å²) in [6, 6.07) is 8.25. The number of aliphatic hydroxyl groups excluding tert-OH is 2. The molecule has 0 radical (unpaired) electrons. The Balaban J connectivity index is 2.17. The Hall–Kier alpha value is -1.10. The van der Waals surface area contributed by atoms with E-state index in [1.807, 2.05) is 30.3 Å². The standard InChI is InChI=1S/C19H24Cl3NO7/c1-2-8-27-17-14(23-18(26)29-11-19(20,21)22)16(15(25)13(9-24)30-17)28-10-12-6-4-3-5-7-12/h2-7,13-17,24-25H,1,8-11H2,(H,23,26)/t13-,14-,15-,16-,17+/m1/s1. The van der Waals surface area contributed by atoms with Gasteiger partial charge in [-0.1, -0.05) is 71.2 Å². The maximum absolute atomic E-state index is 12.2. The molecule has 1 saturated heterocycles. The van der Waals surface area contributed by atoms with Crippen LogP contribution in [-0.2, 0) is 25.6 Å². The fourth-order valence-corrected chi connectivity index (χ4v) is 2.98. The first-order valence-electron chi connectivity index (χ1n) is 9.07. The Labute approximate surface area is 189 Å². The minimum atomic E-state index is -1.79. The summed E-state index contributed by atoms with van der Waals surface area (Å²) in [5.41, 5.74) is 0.845. The van der Waals surface area contributed by atoms with Crippen molar-refractivity contribution in [3.05, 3.63) is 48.6 Å². The van der Waals surface area contributed by atoms with E-state index in [0.29, 0.717) is 0 Å². The van der Waals surface area contributed by atoms with Gasteiger partial charge in [-0.3, -0.25) is 0 Å². The fourth-order valence-electron chi connectivity index (χ4n) is 2.82. The van der Waals surface area contributed by atoms with E-state index in [1.165, 1.54) is 6.08 Å². The van der Waals surface area contributed by atoms with Crippen molar-refractivity contribution >= 4 is 40.9 Å².